The molecule has 5 nitrogen and oxygen atoms in total. The Labute approximate surface area is 190 Å². The van der Waals surface area contributed by atoms with E-state index in [0.29, 0.717) is 46.0 Å². The lowest BCUT2D eigenvalue weighted by atomic mass is 10.2. The molecule has 0 saturated carbocycles. The number of rotatable bonds is 7. The van der Waals surface area contributed by atoms with Crippen LogP contribution in [0, 0.1) is 12.8 Å². The Hall–Kier alpha value is -1.97. The monoisotopic (exact) mass is 473 g/mol. The summed E-state index contributed by atoms with van der Waals surface area (Å²) >= 11 is 24.0. The third-order valence-electron chi connectivity index (χ3n) is 3.47. The Bertz CT molecular complexity index is 887. The summed E-state index contributed by atoms with van der Waals surface area (Å²) in [6.45, 7) is 2.28. The predicted octanol–water partition coefficient (Wildman–Crippen LogP) is 7.30. The molecule has 0 bridgehead atoms. The molecule has 1 aliphatic rings. The van der Waals surface area contributed by atoms with Gasteiger partial charge in [0.05, 0.1) is 21.6 Å². The third-order valence-corrected chi connectivity index (χ3v) is 5.05. The topological polar surface area (TPSA) is 66.5 Å². The fourth-order valence-corrected chi connectivity index (χ4v) is 2.66. The van der Waals surface area contributed by atoms with E-state index in [1.807, 2.05) is 6.92 Å². The van der Waals surface area contributed by atoms with Crippen molar-refractivity contribution in [3.63, 3.8) is 0 Å². The standard InChI is InChI=1S/C18H17Cl4N3O2.C2H2/c1-2-12(19)18(26)14(21)7-6-11-8-23-16(25-24-9-11)10-27-15-5-3-4-13(20)17(15)22;1-2/h3-5,7-8,26H,2,6,9-10H2,1H3;1-2H/b14-7+,18-12-;. The molecular formula is C20H19Cl4N3O2. The molecule has 0 unspecified atom stereocenters. The Morgan fingerprint density at radius 2 is 2.00 bits per heavy atom. The van der Waals surface area contributed by atoms with E-state index in [1.54, 1.807) is 30.5 Å². The number of hydrogen-bond acceptors (Lipinski definition) is 5. The van der Waals surface area contributed by atoms with Gasteiger partial charge in [0.1, 0.15) is 23.1 Å². The highest BCUT2D eigenvalue weighted by molar-refractivity contribution is 6.42. The molecule has 0 amide bonds. The van der Waals surface area contributed by atoms with Crippen molar-refractivity contribution in [1.82, 2.24) is 0 Å². The molecule has 29 heavy (non-hydrogen) atoms. The van der Waals surface area contributed by atoms with E-state index >= 15 is 0 Å². The van der Waals surface area contributed by atoms with Crippen LogP contribution < -0.4 is 4.74 Å². The molecule has 0 radical (unpaired) electrons. The molecule has 1 N–H and O–H groups in total. The molecule has 1 aromatic carbocycles. The van der Waals surface area contributed by atoms with Gasteiger partial charge in [0.25, 0.3) is 0 Å². The average Bonchev–Trinajstić information content (AvgIpc) is 2.98. The third kappa shape index (κ3) is 8.12. The van der Waals surface area contributed by atoms with Crippen LogP contribution in [-0.4, -0.2) is 24.1 Å². The van der Waals surface area contributed by atoms with Gasteiger partial charge in [-0.3, -0.25) is 0 Å². The first kappa shape index (κ1) is 25.1. The van der Waals surface area contributed by atoms with Crippen molar-refractivity contribution in [2.24, 2.45) is 15.2 Å². The van der Waals surface area contributed by atoms with Gasteiger partial charge in [0, 0.05) is 6.20 Å². The minimum absolute atomic E-state index is 0.0968. The predicted molar refractivity (Wildman–Crippen MR) is 121 cm³/mol. The molecule has 0 aliphatic carbocycles. The van der Waals surface area contributed by atoms with Crippen LogP contribution in [-0.2, 0) is 0 Å². The van der Waals surface area contributed by atoms with Gasteiger partial charge >= 0.3 is 0 Å². The normalized spacial score (nSPS) is 14.7. The van der Waals surface area contributed by atoms with E-state index in [-0.39, 0.29) is 17.4 Å². The number of azo groups is 1. The lowest BCUT2D eigenvalue weighted by molar-refractivity contribution is 0.375. The number of hydrogen-bond donors (Lipinski definition) is 1. The van der Waals surface area contributed by atoms with Gasteiger partial charge in [-0.05, 0) is 30.5 Å². The summed E-state index contributed by atoms with van der Waals surface area (Å²) in [5.74, 6) is 0.723. The molecule has 0 fully saturated rings. The molecular weight excluding hydrogens is 456 g/mol. The number of halogens is 4. The summed E-state index contributed by atoms with van der Waals surface area (Å²) in [5, 5.41) is 19.2. The summed E-state index contributed by atoms with van der Waals surface area (Å²) in [7, 11) is 0. The van der Waals surface area contributed by atoms with E-state index in [9.17, 15) is 5.11 Å². The molecule has 0 spiro atoms. The maximum Gasteiger partial charge on any atom is 0.188 e. The van der Waals surface area contributed by atoms with Gasteiger partial charge in [-0.2, -0.15) is 5.11 Å². The number of terminal acetylenes is 1. The van der Waals surface area contributed by atoms with Gasteiger partial charge in [0.15, 0.2) is 5.84 Å². The van der Waals surface area contributed by atoms with E-state index in [4.69, 9.17) is 51.1 Å². The van der Waals surface area contributed by atoms with Gasteiger partial charge in [0.2, 0.25) is 0 Å². The summed E-state index contributed by atoms with van der Waals surface area (Å²) < 4.78 is 5.60. The largest absolute Gasteiger partial charge is 0.505 e. The van der Waals surface area contributed by atoms with Crippen LogP contribution in [0.5, 0.6) is 5.75 Å². The van der Waals surface area contributed by atoms with Gasteiger partial charge in [-0.1, -0.05) is 65.5 Å². The second kappa shape index (κ2) is 13.3. The average molecular weight is 475 g/mol. The fraction of sp³-hybridized carbons (Fsp3) is 0.250. The zero-order chi connectivity index (χ0) is 21.8. The number of amidine groups is 1. The smallest absolute Gasteiger partial charge is 0.188 e. The minimum atomic E-state index is -0.118. The molecule has 0 saturated heterocycles. The maximum atomic E-state index is 9.86. The summed E-state index contributed by atoms with van der Waals surface area (Å²) in [6, 6.07) is 5.12. The molecule has 9 heteroatoms. The summed E-state index contributed by atoms with van der Waals surface area (Å²) in [5.41, 5.74) is 0.869. The SMILES string of the molecule is C#C.CC/C(Cl)=C(O)\C(Cl)=C/CC1=CN=C(COc2cccc(Cl)c2Cl)N=NC1. The van der Waals surface area contributed by atoms with Crippen LogP contribution in [0.25, 0.3) is 0 Å². The Balaban J connectivity index is 0.00000204. The van der Waals surface area contributed by atoms with Crippen molar-refractivity contribution in [2.75, 3.05) is 13.2 Å². The van der Waals surface area contributed by atoms with Crippen LogP contribution in [0.3, 0.4) is 0 Å². The first-order valence-corrected chi connectivity index (χ1v) is 9.89. The molecule has 0 aromatic heterocycles. The van der Waals surface area contributed by atoms with E-state index in [2.05, 4.69) is 28.1 Å². The van der Waals surface area contributed by atoms with Gasteiger partial charge in [-0.25, -0.2) is 4.99 Å². The van der Waals surface area contributed by atoms with E-state index < -0.39 is 0 Å². The van der Waals surface area contributed by atoms with Crippen molar-refractivity contribution < 1.29 is 9.84 Å². The Morgan fingerprint density at radius 1 is 1.28 bits per heavy atom. The zero-order valence-corrected chi connectivity index (χ0v) is 18.6. The molecule has 154 valence electrons. The van der Waals surface area contributed by atoms with Crippen molar-refractivity contribution in [1.29, 1.82) is 0 Å². The molecule has 1 aliphatic heterocycles. The van der Waals surface area contributed by atoms with Crippen LogP contribution in [0.4, 0.5) is 0 Å². The number of nitrogens with zero attached hydrogens (tertiary/aromatic N) is 3. The van der Waals surface area contributed by atoms with Crippen LogP contribution in [0.2, 0.25) is 10.0 Å². The van der Waals surface area contributed by atoms with Gasteiger partial charge in [-0.15, -0.1) is 18.0 Å². The second-order valence-electron chi connectivity index (χ2n) is 5.44. The fourth-order valence-electron chi connectivity index (χ4n) is 1.98. The lowest BCUT2D eigenvalue weighted by Gasteiger charge is -2.07. The highest BCUT2D eigenvalue weighted by Crippen LogP contribution is 2.31. The highest BCUT2D eigenvalue weighted by Gasteiger charge is 2.09. The number of benzene rings is 1. The van der Waals surface area contributed by atoms with Crippen molar-refractivity contribution in [2.45, 2.75) is 19.8 Å². The number of aliphatic hydroxyl groups is 1. The quantitative estimate of drug-likeness (QED) is 0.256. The number of aliphatic hydroxyl groups excluding tert-OH is 1. The van der Waals surface area contributed by atoms with Crippen LogP contribution >= 0.6 is 46.4 Å². The van der Waals surface area contributed by atoms with Crippen molar-refractivity contribution in [3.8, 4) is 18.6 Å². The van der Waals surface area contributed by atoms with Crippen molar-refractivity contribution >= 4 is 52.2 Å². The number of aliphatic imine (C=N–C) groups is 1. The maximum absolute atomic E-state index is 9.86. The zero-order valence-electron chi connectivity index (χ0n) is 15.6. The Kier molecular flexibility index (Phi) is 11.5. The molecule has 1 aromatic rings. The van der Waals surface area contributed by atoms with Crippen LogP contribution in [0.1, 0.15) is 19.8 Å². The lowest BCUT2D eigenvalue weighted by Crippen LogP contribution is -2.08. The number of allylic oxidation sites excluding steroid dienone is 3. The first-order chi connectivity index (χ1) is 13.9. The highest BCUT2D eigenvalue weighted by atomic mass is 35.5. The molecule has 0 atom stereocenters. The van der Waals surface area contributed by atoms with Gasteiger partial charge < -0.3 is 9.84 Å². The van der Waals surface area contributed by atoms with E-state index in [0.717, 1.165) is 5.57 Å². The molecule has 2 rings (SSSR count). The summed E-state index contributed by atoms with van der Waals surface area (Å²) in [6.07, 6.45) is 12.3. The second-order valence-corrected chi connectivity index (χ2v) is 7.08. The van der Waals surface area contributed by atoms with Crippen LogP contribution in [0.15, 0.2) is 67.1 Å². The first-order valence-electron chi connectivity index (χ1n) is 8.38. The number of ether oxygens (including phenoxy) is 1. The van der Waals surface area contributed by atoms with E-state index in [1.165, 1.54) is 0 Å². The Morgan fingerprint density at radius 3 is 2.69 bits per heavy atom. The van der Waals surface area contributed by atoms with Crippen molar-refractivity contribution in [3.05, 3.63) is 61.9 Å². The minimum Gasteiger partial charge on any atom is -0.505 e. The molecule has 1 heterocycles. The summed E-state index contributed by atoms with van der Waals surface area (Å²) in [4.78, 5) is 4.27.